The first-order chi connectivity index (χ1) is 18.1. The van der Waals surface area contributed by atoms with Gasteiger partial charge in [-0.3, -0.25) is 4.98 Å². The van der Waals surface area contributed by atoms with Crippen LogP contribution in [-0.4, -0.2) is 15.0 Å². The fourth-order valence-corrected chi connectivity index (χ4v) is 2.99. The van der Waals surface area contributed by atoms with Crippen molar-refractivity contribution in [1.82, 2.24) is 15.0 Å². The van der Waals surface area contributed by atoms with Crippen LogP contribution in [0.15, 0.2) is 104 Å². The molecule has 1 radical (unpaired) electrons. The van der Waals surface area contributed by atoms with Gasteiger partial charge < -0.3 is 9.97 Å². The molecule has 3 aromatic heterocycles. The van der Waals surface area contributed by atoms with Crippen LogP contribution in [0.25, 0.3) is 33.8 Å². The van der Waals surface area contributed by atoms with Gasteiger partial charge in [0.15, 0.2) is 0 Å². The molecule has 0 spiro atoms. The smallest absolute Gasteiger partial charge is 0.0518 e. The summed E-state index contributed by atoms with van der Waals surface area (Å²) in [7, 11) is 0. The third kappa shape index (κ3) is 6.76. The van der Waals surface area contributed by atoms with Crippen molar-refractivity contribution >= 4 is 0 Å². The van der Waals surface area contributed by atoms with Gasteiger partial charge in [-0.15, -0.1) is 65.7 Å². The maximum absolute atomic E-state index is 7.49. The van der Waals surface area contributed by atoms with Gasteiger partial charge in [-0.05, 0) is 48.9 Å². The Labute approximate surface area is 217 Å². The molecule has 0 fully saturated rings. The van der Waals surface area contributed by atoms with Crippen molar-refractivity contribution < 1.29 is 28.3 Å². The molecule has 0 atom stereocenters. The molecule has 165 valence electrons. The third-order valence-electron chi connectivity index (χ3n) is 4.55. The number of aryl methyl sites for hydroxylation is 2. The number of benzene rings is 2. The van der Waals surface area contributed by atoms with Gasteiger partial charge in [0, 0.05) is 46.9 Å². The van der Waals surface area contributed by atoms with Gasteiger partial charge in [0.1, 0.15) is 0 Å². The number of hydrogen-bond donors (Lipinski definition) is 0. The summed E-state index contributed by atoms with van der Waals surface area (Å²) < 4.78 is 44.2. The Balaban J connectivity index is 0.000000220. The fraction of sp³-hybridized carbons (Fsp3) is 0.0690. The maximum atomic E-state index is 7.49. The third-order valence-corrected chi connectivity index (χ3v) is 4.55. The summed E-state index contributed by atoms with van der Waals surface area (Å²) in [4.78, 5) is 12.7. The maximum Gasteiger partial charge on any atom is 0.0518 e. The van der Waals surface area contributed by atoms with Gasteiger partial charge in [-0.2, -0.15) is 0 Å². The second-order valence-corrected chi connectivity index (χ2v) is 6.84. The minimum absolute atomic E-state index is 0. The molecule has 2 aromatic carbocycles. The quantitative estimate of drug-likeness (QED) is 0.211. The molecule has 5 rings (SSSR count). The van der Waals surface area contributed by atoms with Gasteiger partial charge in [0.2, 0.25) is 0 Å². The van der Waals surface area contributed by atoms with Gasteiger partial charge in [-0.25, -0.2) is 0 Å². The van der Waals surface area contributed by atoms with Crippen LogP contribution in [-0.2, 0) is 20.1 Å². The molecule has 0 aliphatic carbocycles. The van der Waals surface area contributed by atoms with Crippen LogP contribution in [0.1, 0.15) is 19.4 Å². The second-order valence-electron chi connectivity index (χ2n) is 6.84. The predicted octanol–water partition coefficient (Wildman–Crippen LogP) is 6.77. The minimum Gasteiger partial charge on any atom is -0.305 e. The van der Waals surface area contributed by atoms with Gasteiger partial charge in [0.05, 0.1) is 5.69 Å². The minimum atomic E-state index is -2.14. The number of rotatable bonds is 3. The van der Waals surface area contributed by atoms with Crippen molar-refractivity contribution in [3.8, 4) is 33.8 Å². The fourth-order valence-electron chi connectivity index (χ4n) is 2.99. The van der Waals surface area contributed by atoms with E-state index >= 15 is 0 Å². The summed E-state index contributed by atoms with van der Waals surface area (Å²) in [5.74, 6) is 0. The summed E-state index contributed by atoms with van der Waals surface area (Å²) in [5.41, 5.74) is 5.25. The topological polar surface area (TPSA) is 38.7 Å². The van der Waals surface area contributed by atoms with Crippen molar-refractivity contribution in [1.29, 1.82) is 0 Å². The van der Waals surface area contributed by atoms with E-state index in [0.29, 0.717) is 5.69 Å². The van der Waals surface area contributed by atoms with E-state index in [0.717, 1.165) is 28.1 Å². The van der Waals surface area contributed by atoms with E-state index in [1.165, 1.54) is 18.5 Å². The molecule has 0 amide bonds. The Morgan fingerprint density at radius 3 is 2.21 bits per heavy atom. The second kappa shape index (κ2) is 12.0. The zero-order valence-corrected chi connectivity index (χ0v) is 19.9. The van der Waals surface area contributed by atoms with E-state index < -0.39 is 13.7 Å². The van der Waals surface area contributed by atoms with Crippen LogP contribution in [0.2, 0.25) is 0 Å². The Morgan fingerprint density at radius 1 is 0.636 bits per heavy atom. The summed E-state index contributed by atoms with van der Waals surface area (Å²) in [6.07, 6.45) is 4.64. The molecule has 0 saturated carbocycles. The molecule has 0 bridgehead atoms. The van der Waals surface area contributed by atoms with E-state index in [1.807, 2.05) is 48.5 Å². The molecule has 3 nitrogen and oxygen atoms in total. The molecule has 33 heavy (non-hydrogen) atoms. The molecular weight excluding hydrogens is 583 g/mol. The Kier molecular flexibility index (Phi) is 6.19. The average Bonchev–Trinajstić information content (AvgIpc) is 2.94. The molecule has 0 unspecified atom stereocenters. The average molecular weight is 612 g/mol. The van der Waals surface area contributed by atoms with Crippen LogP contribution in [0.5, 0.6) is 0 Å². The number of aromatic nitrogens is 3. The van der Waals surface area contributed by atoms with Crippen LogP contribution in [0, 0.1) is 25.8 Å². The van der Waals surface area contributed by atoms with E-state index in [2.05, 4.69) is 27.1 Å². The van der Waals surface area contributed by atoms with Crippen LogP contribution in [0.3, 0.4) is 0 Å². The van der Waals surface area contributed by atoms with Gasteiger partial charge >= 0.3 is 0 Å². The monoisotopic (exact) mass is 612 g/mol. The van der Waals surface area contributed by atoms with E-state index in [9.17, 15) is 0 Å². The Hall–Kier alpha value is -3.46. The van der Waals surface area contributed by atoms with Crippen LogP contribution in [0.4, 0.5) is 0 Å². The van der Waals surface area contributed by atoms with Crippen LogP contribution >= 0.6 is 0 Å². The largest absolute Gasteiger partial charge is 0.305 e. The standard InChI is InChI=1S/C17H13N2.C12H10N.Ir/c1-13-8-10-19-17(11-13)15-6-4-5-14(12-15)16-7-2-3-9-18-16;1-10-7-8-12(13-9-10)11-5-3-2-4-6-11;/h2-5,7-12H,1H3;2-5,7-9H,1H3;/q2*-1;/i2*1D3;. The van der Waals surface area contributed by atoms with Gasteiger partial charge in [0.25, 0.3) is 0 Å². The van der Waals surface area contributed by atoms with Crippen molar-refractivity contribution in [2.24, 2.45) is 0 Å². The number of hydrogen-bond acceptors (Lipinski definition) is 3. The molecule has 3 heterocycles. The summed E-state index contributed by atoms with van der Waals surface area (Å²) in [6, 6.07) is 31.3. The normalized spacial score (nSPS) is 13.3. The zero-order valence-electron chi connectivity index (χ0n) is 23.5. The molecule has 0 N–H and O–H groups in total. The number of pyridine rings is 3. The molecule has 5 aromatic rings. The SMILES string of the molecule is [2H]C([2H])([2H])c1ccc(-c2[c-]cccc2)nc1.[2H]C([2H])([2H])c1ccnc(-c2[c-]ccc(-c3ccccn3)c2)c1.[Ir]. The van der Waals surface area contributed by atoms with E-state index in [4.69, 9.17) is 8.22 Å². The van der Waals surface area contributed by atoms with E-state index in [1.54, 1.807) is 36.5 Å². The molecule has 0 aliphatic heterocycles. The first-order valence-electron chi connectivity index (χ1n) is 12.9. The van der Waals surface area contributed by atoms with Gasteiger partial charge in [-0.1, -0.05) is 35.4 Å². The first-order valence-corrected chi connectivity index (χ1v) is 9.95. The number of nitrogens with zero attached hydrogens (tertiary/aromatic N) is 3. The van der Waals surface area contributed by atoms with Crippen molar-refractivity contribution in [3.63, 3.8) is 0 Å². The first kappa shape index (κ1) is 17.1. The molecule has 4 heteroatoms. The summed E-state index contributed by atoms with van der Waals surface area (Å²) >= 11 is 0. The van der Waals surface area contributed by atoms with Crippen molar-refractivity contribution in [2.45, 2.75) is 13.7 Å². The van der Waals surface area contributed by atoms with E-state index in [-0.39, 0.29) is 31.2 Å². The summed E-state index contributed by atoms with van der Waals surface area (Å²) in [5, 5.41) is 0. The Bertz CT molecular complexity index is 1470. The Morgan fingerprint density at radius 2 is 1.48 bits per heavy atom. The predicted molar refractivity (Wildman–Crippen MR) is 130 cm³/mol. The van der Waals surface area contributed by atoms with Crippen molar-refractivity contribution in [3.05, 3.63) is 127 Å². The molecule has 0 aliphatic rings. The zero-order chi connectivity index (χ0) is 27.2. The van der Waals surface area contributed by atoms with Crippen molar-refractivity contribution in [2.75, 3.05) is 0 Å². The molecular formula is C29H23IrN3-2. The summed E-state index contributed by atoms with van der Waals surface area (Å²) in [6.45, 7) is -4.23. The molecule has 0 saturated heterocycles. The van der Waals surface area contributed by atoms with Crippen LogP contribution < -0.4 is 0 Å².